The van der Waals surface area contributed by atoms with E-state index >= 15 is 0 Å². The van der Waals surface area contributed by atoms with Gasteiger partial charge in [-0.05, 0) is 35.0 Å². The number of hydrogen-bond acceptors (Lipinski definition) is 4. The number of nitrogens with zero attached hydrogens (tertiary/aromatic N) is 2. The largest absolute Gasteiger partial charge is 0.476 e. The zero-order valence-electron chi connectivity index (χ0n) is 10.4. The number of para-hydroxylation sites is 1. The van der Waals surface area contributed by atoms with Crippen LogP contribution in [0.3, 0.4) is 0 Å². The molecule has 0 fully saturated rings. The molecule has 0 saturated carbocycles. The third kappa shape index (κ3) is 2.21. The molecule has 0 aliphatic carbocycles. The van der Waals surface area contributed by atoms with Gasteiger partial charge < -0.3 is 5.11 Å². The van der Waals surface area contributed by atoms with Crippen molar-refractivity contribution in [1.29, 1.82) is 0 Å². The predicted octanol–water partition coefficient (Wildman–Crippen LogP) is 4.13. The highest BCUT2D eigenvalue weighted by Crippen LogP contribution is 2.33. The molecule has 1 aromatic carbocycles. The van der Waals surface area contributed by atoms with Gasteiger partial charge in [0.15, 0.2) is 5.69 Å². The lowest BCUT2D eigenvalue weighted by atomic mass is 10.2. The Hall–Kier alpha value is -1.79. The maximum Gasteiger partial charge on any atom is 0.355 e. The molecule has 3 aromatic rings. The van der Waals surface area contributed by atoms with Crippen LogP contribution in [0.25, 0.3) is 21.6 Å². The van der Waals surface area contributed by atoms with E-state index in [2.05, 4.69) is 25.9 Å². The molecule has 0 atom stereocenters. The second-order valence-corrected chi connectivity index (χ2v) is 6.30. The quantitative estimate of drug-likeness (QED) is 0.756. The maximum absolute atomic E-state index is 11.1. The Morgan fingerprint density at radius 2 is 2.05 bits per heavy atom. The first-order chi connectivity index (χ1) is 9.56. The van der Waals surface area contributed by atoms with Crippen molar-refractivity contribution in [2.24, 2.45) is 0 Å². The summed E-state index contributed by atoms with van der Waals surface area (Å²) >= 11 is 4.82. The number of carbonyl (C=O) groups is 1. The molecule has 2 aromatic heterocycles. The Morgan fingerprint density at radius 3 is 2.75 bits per heavy atom. The van der Waals surface area contributed by atoms with Crippen molar-refractivity contribution in [3.63, 3.8) is 0 Å². The number of fused-ring (bicyclic) bond motifs is 1. The topological polar surface area (TPSA) is 63.1 Å². The Bertz CT molecular complexity index is 829. The zero-order valence-corrected chi connectivity index (χ0v) is 12.8. The highest BCUT2D eigenvalue weighted by atomic mass is 79.9. The molecule has 0 unspecified atom stereocenters. The zero-order chi connectivity index (χ0) is 14.3. The van der Waals surface area contributed by atoms with Gasteiger partial charge in [-0.15, -0.1) is 11.3 Å². The van der Waals surface area contributed by atoms with Crippen molar-refractivity contribution in [3.05, 3.63) is 45.4 Å². The van der Waals surface area contributed by atoms with Crippen LogP contribution >= 0.6 is 27.3 Å². The summed E-state index contributed by atoms with van der Waals surface area (Å²) in [6, 6.07) is 9.74. The van der Waals surface area contributed by atoms with Crippen molar-refractivity contribution in [2.45, 2.75) is 6.92 Å². The van der Waals surface area contributed by atoms with Gasteiger partial charge in [0.05, 0.1) is 5.52 Å². The maximum atomic E-state index is 11.1. The number of rotatable bonds is 2. The first kappa shape index (κ1) is 13.2. The van der Waals surface area contributed by atoms with E-state index in [1.165, 1.54) is 11.3 Å². The molecule has 4 nitrogen and oxygen atoms in total. The van der Waals surface area contributed by atoms with Crippen molar-refractivity contribution >= 4 is 44.1 Å². The standard InChI is InChI=1S/C14H9BrN2O2S/c1-7-11(14(18)19)17-13(20-7)12-9(15)6-8-4-2-3-5-10(8)16-12/h2-6H,1H3,(H,18,19). The number of benzene rings is 1. The third-order valence-electron chi connectivity index (χ3n) is 2.88. The molecule has 0 bridgehead atoms. The summed E-state index contributed by atoms with van der Waals surface area (Å²) in [4.78, 5) is 20.5. The summed E-state index contributed by atoms with van der Waals surface area (Å²) in [5.41, 5.74) is 1.62. The van der Waals surface area contributed by atoms with Gasteiger partial charge in [-0.1, -0.05) is 18.2 Å². The number of carboxylic acids is 1. The molecule has 0 amide bonds. The number of aromatic nitrogens is 2. The molecular formula is C14H9BrN2O2S. The van der Waals surface area contributed by atoms with Crippen molar-refractivity contribution in [3.8, 4) is 10.7 Å². The Morgan fingerprint density at radius 1 is 1.30 bits per heavy atom. The van der Waals surface area contributed by atoms with Crippen LogP contribution < -0.4 is 0 Å². The summed E-state index contributed by atoms with van der Waals surface area (Å²) in [7, 11) is 0. The van der Waals surface area contributed by atoms with Gasteiger partial charge in [0, 0.05) is 14.7 Å². The van der Waals surface area contributed by atoms with Gasteiger partial charge in [-0.25, -0.2) is 14.8 Å². The molecule has 0 aliphatic heterocycles. The van der Waals surface area contributed by atoms with Crippen LogP contribution in [0.5, 0.6) is 0 Å². The predicted molar refractivity (Wildman–Crippen MR) is 82.2 cm³/mol. The number of thiazole rings is 1. The molecule has 0 radical (unpaired) electrons. The Balaban J connectivity index is 2.21. The number of halogens is 1. The van der Waals surface area contributed by atoms with E-state index in [1.807, 2.05) is 30.3 Å². The van der Waals surface area contributed by atoms with Crippen molar-refractivity contribution in [1.82, 2.24) is 9.97 Å². The minimum Gasteiger partial charge on any atom is -0.476 e. The molecule has 0 spiro atoms. The smallest absolute Gasteiger partial charge is 0.355 e. The molecule has 100 valence electrons. The molecule has 20 heavy (non-hydrogen) atoms. The summed E-state index contributed by atoms with van der Waals surface area (Å²) in [6.07, 6.45) is 0. The van der Waals surface area contributed by atoms with Crippen molar-refractivity contribution in [2.75, 3.05) is 0 Å². The van der Waals surface area contributed by atoms with Crippen LogP contribution in [-0.2, 0) is 0 Å². The van der Waals surface area contributed by atoms with Crippen LogP contribution in [-0.4, -0.2) is 21.0 Å². The molecule has 1 N–H and O–H groups in total. The number of aromatic carboxylic acids is 1. The number of carboxylic acid groups (broad SMARTS) is 1. The normalized spacial score (nSPS) is 10.9. The van der Waals surface area contributed by atoms with E-state index < -0.39 is 5.97 Å². The SMILES string of the molecule is Cc1sc(-c2nc3ccccc3cc2Br)nc1C(=O)O. The molecule has 2 heterocycles. The Kier molecular flexibility index (Phi) is 3.27. The highest BCUT2D eigenvalue weighted by Gasteiger charge is 2.18. The Labute approximate surface area is 127 Å². The van der Waals surface area contributed by atoms with E-state index in [0.29, 0.717) is 15.6 Å². The minimum absolute atomic E-state index is 0.0897. The summed E-state index contributed by atoms with van der Waals surface area (Å²) < 4.78 is 0.807. The van der Waals surface area contributed by atoms with Crippen LogP contribution in [0.15, 0.2) is 34.8 Å². The van der Waals surface area contributed by atoms with Gasteiger partial charge in [0.25, 0.3) is 0 Å². The van der Waals surface area contributed by atoms with Gasteiger partial charge in [-0.2, -0.15) is 0 Å². The molecular weight excluding hydrogens is 340 g/mol. The number of pyridine rings is 1. The minimum atomic E-state index is -1.01. The fraction of sp³-hybridized carbons (Fsp3) is 0.0714. The lowest BCUT2D eigenvalue weighted by molar-refractivity contribution is 0.0690. The van der Waals surface area contributed by atoms with E-state index in [-0.39, 0.29) is 5.69 Å². The van der Waals surface area contributed by atoms with E-state index in [0.717, 1.165) is 15.4 Å². The average Bonchev–Trinajstić information content (AvgIpc) is 2.80. The van der Waals surface area contributed by atoms with E-state index in [4.69, 9.17) is 5.11 Å². The van der Waals surface area contributed by atoms with Gasteiger partial charge in [0.1, 0.15) is 10.7 Å². The first-order valence-electron chi connectivity index (χ1n) is 5.82. The second-order valence-electron chi connectivity index (χ2n) is 4.24. The lowest BCUT2D eigenvalue weighted by Gasteiger charge is -2.03. The number of aryl methyl sites for hydroxylation is 1. The van der Waals surface area contributed by atoms with E-state index in [9.17, 15) is 4.79 Å². The van der Waals surface area contributed by atoms with Crippen molar-refractivity contribution < 1.29 is 9.90 Å². The average molecular weight is 349 g/mol. The van der Waals surface area contributed by atoms with Crippen LogP contribution in [0.4, 0.5) is 0 Å². The third-order valence-corrected chi connectivity index (χ3v) is 4.46. The molecule has 0 saturated heterocycles. The van der Waals surface area contributed by atoms with Gasteiger partial charge in [0.2, 0.25) is 0 Å². The summed E-state index contributed by atoms with van der Waals surface area (Å²) in [6.45, 7) is 1.75. The monoisotopic (exact) mass is 348 g/mol. The van der Waals surface area contributed by atoms with Gasteiger partial charge >= 0.3 is 5.97 Å². The van der Waals surface area contributed by atoms with E-state index in [1.54, 1.807) is 6.92 Å². The van der Waals surface area contributed by atoms with Gasteiger partial charge in [-0.3, -0.25) is 0 Å². The summed E-state index contributed by atoms with van der Waals surface area (Å²) in [5.74, 6) is -1.01. The first-order valence-corrected chi connectivity index (χ1v) is 7.43. The highest BCUT2D eigenvalue weighted by molar-refractivity contribution is 9.10. The summed E-state index contributed by atoms with van der Waals surface area (Å²) in [5, 5.41) is 10.7. The lowest BCUT2D eigenvalue weighted by Crippen LogP contribution is -1.98. The molecule has 0 aliphatic rings. The van der Waals surface area contributed by atoms with Crippen LogP contribution in [0, 0.1) is 6.92 Å². The van der Waals surface area contributed by atoms with Crippen LogP contribution in [0.1, 0.15) is 15.4 Å². The van der Waals surface area contributed by atoms with Crippen LogP contribution in [0.2, 0.25) is 0 Å². The fourth-order valence-electron chi connectivity index (χ4n) is 1.94. The molecule has 3 rings (SSSR count). The number of hydrogen-bond donors (Lipinski definition) is 1. The second kappa shape index (κ2) is 4.96. The molecule has 6 heteroatoms. The fourth-order valence-corrected chi connectivity index (χ4v) is 3.50.